The van der Waals surface area contributed by atoms with E-state index in [1.165, 1.54) is 0 Å². The van der Waals surface area contributed by atoms with Crippen molar-refractivity contribution in [2.45, 2.75) is 33.4 Å². The van der Waals surface area contributed by atoms with Gasteiger partial charge in [0.25, 0.3) is 0 Å². The fourth-order valence-electron chi connectivity index (χ4n) is 2.61. The molecule has 2 aromatic rings. The maximum Gasteiger partial charge on any atom is 0.155 e. The van der Waals surface area contributed by atoms with Gasteiger partial charge in [-0.25, -0.2) is 9.98 Å². The number of halogens is 1. The minimum Gasteiger partial charge on any atom is -0.507 e. The van der Waals surface area contributed by atoms with Crippen LogP contribution >= 0.6 is 15.9 Å². The lowest BCUT2D eigenvalue weighted by atomic mass is 10.2. The number of aliphatic imine (C=N–C) groups is 1. The van der Waals surface area contributed by atoms with Crippen molar-refractivity contribution in [3.63, 3.8) is 0 Å². The Morgan fingerprint density at radius 2 is 2.24 bits per heavy atom. The van der Waals surface area contributed by atoms with E-state index >= 15 is 0 Å². The molecule has 8 heteroatoms. The number of phenolic OH excluding ortho intramolecular Hbond substituents is 1. The lowest BCUT2D eigenvalue weighted by Crippen LogP contribution is -2.32. The zero-order valence-electron chi connectivity index (χ0n) is 14.3. The largest absolute Gasteiger partial charge is 0.507 e. The Kier molecular flexibility index (Phi) is 4.80. The maximum absolute atomic E-state index is 9.90. The summed E-state index contributed by atoms with van der Waals surface area (Å²) in [5.41, 5.74) is 1.47. The molecule has 3 N–H and O–H groups in total. The van der Waals surface area contributed by atoms with Crippen LogP contribution < -0.4 is 10.1 Å². The highest BCUT2D eigenvalue weighted by atomic mass is 79.9. The molecule has 0 unspecified atom stereocenters. The number of nitrogens with one attached hydrogen (secondary N) is 2. The SMILES string of the molecule is CC(=N)/N=C(\NC(C)C)c1cn2c(n1)-c1cc(Br)c(O)cc1OCC2. The molecule has 0 atom stereocenters. The zero-order chi connectivity index (χ0) is 18.1. The highest BCUT2D eigenvalue weighted by Gasteiger charge is 2.22. The Morgan fingerprint density at radius 3 is 2.92 bits per heavy atom. The van der Waals surface area contributed by atoms with E-state index in [-0.39, 0.29) is 17.6 Å². The molecular formula is C17H20BrN5O2. The Labute approximate surface area is 154 Å². The quantitative estimate of drug-likeness (QED) is 0.528. The van der Waals surface area contributed by atoms with Gasteiger partial charge in [-0.05, 0) is 42.8 Å². The molecule has 7 nitrogen and oxygen atoms in total. The Morgan fingerprint density at radius 1 is 1.48 bits per heavy atom. The first kappa shape index (κ1) is 17.5. The van der Waals surface area contributed by atoms with Gasteiger partial charge >= 0.3 is 0 Å². The second-order valence-electron chi connectivity index (χ2n) is 6.14. The monoisotopic (exact) mass is 405 g/mol. The Bertz CT molecular complexity index is 857. The van der Waals surface area contributed by atoms with Crippen LogP contribution in [0.5, 0.6) is 11.5 Å². The van der Waals surface area contributed by atoms with E-state index in [0.29, 0.717) is 34.9 Å². The number of phenols is 1. The van der Waals surface area contributed by atoms with Gasteiger partial charge in [0.1, 0.15) is 35.5 Å². The van der Waals surface area contributed by atoms with Crippen molar-refractivity contribution in [1.29, 1.82) is 5.41 Å². The molecular weight excluding hydrogens is 386 g/mol. The first-order chi connectivity index (χ1) is 11.8. The van der Waals surface area contributed by atoms with Gasteiger partial charge in [0.2, 0.25) is 0 Å². The molecule has 25 heavy (non-hydrogen) atoms. The van der Waals surface area contributed by atoms with Gasteiger partial charge in [0.05, 0.1) is 16.6 Å². The van der Waals surface area contributed by atoms with Crippen LogP contribution in [0, 0.1) is 5.41 Å². The van der Waals surface area contributed by atoms with Crippen molar-refractivity contribution in [2.24, 2.45) is 4.99 Å². The Balaban J connectivity index is 2.11. The summed E-state index contributed by atoms with van der Waals surface area (Å²) < 4.78 is 8.32. The van der Waals surface area contributed by atoms with Gasteiger partial charge in [-0.1, -0.05) is 0 Å². The predicted octanol–water partition coefficient (Wildman–Crippen LogP) is 3.15. The van der Waals surface area contributed by atoms with Crippen molar-refractivity contribution in [1.82, 2.24) is 14.9 Å². The van der Waals surface area contributed by atoms with Crippen LogP contribution in [0.25, 0.3) is 11.4 Å². The average Bonchev–Trinajstić information content (AvgIpc) is 2.86. The van der Waals surface area contributed by atoms with Crippen molar-refractivity contribution in [3.05, 3.63) is 28.5 Å². The van der Waals surface area contributed by atoms with Crippen molar-refractivity contribution in [2.75, 3.05) is 6.61 Å². The topological polar surface area (TPSA) is 95.5 Å². The second-order valence-corrected chi connectivity index (χ2v) is 6.99. The molecule has 1 aromatic heterocycles. The molecule has 0 radical (unpaired) electrons. The Hall–Kier alpha value is -2.35. The number of fused-ring (bicyclic) bond motifs is 3. The summed E-state index contributed by atoms with van der Waals surface area (Å²) in [7, 11) is 0. The molecule has 0 aliphatic carbocycles. The molecule has 1 aliphatic rings. The van der Waals surface area contributed by atoms with Crippen LogP contribution in [-0.2, 0) is 6.54 Å². The van der Waals surface area contributed by atoms with Crippen molar-refractivity contribution < 1.29 is 9.84 Å². The predicted molar refractivity (Wildman–Crippen MR) is 101 cm³/mol. The zero-order valence-corrected chi connectivity index (χ0v) is 15.9. The first-order valence-electron chi connectivity index (χ1n) is 7.98. The summed E-state index contributed by atoms with van der Waals surface area (Å²) in [6.45, 7) is 6.77. The molecule has 3 rings (SSSR count). The number of amidine groups is 2. The van der Waals surface area contributed by atoms with Gasteiger partial charge in [-0.15, -0.1) is 0 Å². The lowest BCUT2D eigenvalue weighted by Gasteiger charge is -2.11. The van der Waals surface area contributed by atoms with E-state index in [4.69, 9.17) is 15.1 Å². The van der Waals surface area contributed by atoms with Gasteiger partial charge in [0, 0.05) is 18.3 Å². The number of benzene rings is 1. The van der Waals surface area contributed by atoms with Gasteiger partial charge in [-0.3, -0.25) is 5.41 Å². The summed E-state index contributed by atoms with van der Waals surface area (Å²) in [4.78, 5) is 8.99. The molecule has 0 saturated carbocycles. The summed E-state index contributed by atoms with van der Waals surface area (Å²) in [5, 5.41) is 20.8. The minimum atomic E-state index is 0.127. The average molecular weight is 406 g/mol. The van der Waals surface area contributed by atoms with Gasteiger partial charge < -0.3 is 19.7 Å². The molecule has 1 aromatic carbocycles. The summed E-state index contributed by atoms with van der Waals surface area (Å²) in [5.74, 6) is 2.24. The van der Waals surface area contributed by atoms with E-state index in [2.05, 4.69) is 26.2 Å². The third-order valence-corrected chi connectivity index (χ3v) is 4.24. The number of nitrogens with zero attached hydrogens (tertiary/aromatic N) is 3. The number of hydrogen-bond donors (Lipinski definition) is 3. The fraction of sp³-hybridized carbons (Fsp3) is 0.353. The summed E-state index contributed by atoms with van der Waals surface area (Å²) >= 11 is 3.35. The number of hydrogen-bond acceptors (Lipinski definition) is 4. The third kappa shape index (κ3) is 3.68. The maximum atomic E-state index is 9.90. The van der Waals surface area contributed by atoms with Crippen LogP contribution in [0.15, 0.2) is 27.8 Å². The third-order valence-electron chi connectivity index (χ3n) is 3.60. The van der Waals surface area contributed by atoms with E-state index in [1.54, 1.807) is 19.1 Å². The van der Waals surface area contributed by atoms with Crippen LogP contribution in [0.4, 0.5) is 0 Å². The molecule has 0 saturated heterocycles. The van der Waals surface area contributed by atoms with Crippen molar-refractivity contribution >= 4 is 27.6 Å². The lowest BCUT2D eigenvalue weighted by molar-refractivity contribution is 0.305. The van der Waals surface area contributed by atoms with E-state index in [1.807, 2.05) is 24.6 Å². The van der Waals surface area contributed by atoms with Crippen LogP contribution in [0.3, 0.4) is 0 Å². The van der Waals surface area contributed by atoms with E-state index < -0.39 is 0 Å². The van der Waals surface area contributed by atoms with Gasteiger partial charge in [-0.2, -0.15) is 0 Å². The normalized spacial score (nSPS) is 13.7. The number of rotatable bonds is 2. The number of ether oxygens (including phenoxy) is 1. The fourth-order valence-corrected chi connectivity index (χ4v) is 2.95. The van der Waals surface area contributed by atoms with Crippen LogP contribution in [0.1, 0.15) is 26.5 Å². The molecule has 0 fully saturated rings. The molecule has 132 valence electrons. The number of aromatic nitrogens is 2. The van der Waals surface area contributed by atoms with Crippen molar-refractivity contribution in [3.8, 4) is 22.9 Å². The van der Waals surface area contributed by atoms with Gasteiger partial charge in [0.15, 0.2) is 5.84 Å². The first-order valence-corrected chi connectivity index (χ1v) is 8.78. The van der Waals surface area contributed by atoms with Crippen LogP contribution in [-0.4, -0.2) is 39.0 Å². The summed E-state index contributed by atoms with van der Waals surface area (Å²) in [6.07, 6.45) is 1.91. The van der Waals surface area contributed by atoms with E-state index in [0.717, 1.165) is 11.4 Å². The molecule has 0 spiro atoms. The van der Waals surface area contributed by atoms with Crippen LogP contribution in [0.2, 0.25) is 0 Å². The molecule has 0 amide bonds. The number of aromatic hydroxyl groups is 1. The second kappa shape index (κ2) is 6.87. The molecule has 0 bridgehead atoms. The highest BCUT2D eigenvalue weighted by molar-refractivity contribution is 9.10. The standard InChI is InChI=1S/C17H20BrN5O2/c1-9(2)20-16(21-10(3)19)13-8-23-4-5-25-15-7-14(24)12(18)6-11(15)17(23)22-13/h6-9,24H,4-5H2,1-3H3,(H2,19,20,21). The summed E-state index contributed by atoms with van der Waals surface area (Å²) in [6, 6.07) is 3.56. The highest BCUT2D eigenvalue weighted by Crippen LogP contribution is 2.39. The van der Waals surface area contributed by atoms with E-state index in [9.17, 15) is 5.11 Å². The number of imidazole rings is 1. The molecule has 1 aliphatic heterocycles. The smallest absolute Gasteiger partial charge is 0.155 e. The minimum absolute atomic E-state index is 0.127. The molecule has 2 heterocycles.